The number of aromatic hydroxyl groups is 1. The van der Waals surface area contributed by atoms with Gasteiger partial charge in [0, 0.05) is 11.1 Å². The third kappa shape index (κ3) is 6.24. The minimum Gasteiger partial charge on any atom is -0.506 e. The molecule has 8 heteroatoms. The molecule has 7 aromatic rings. The Bertz CT molecular complexity index is 2340. The van der Waals surface area contributed by atoms with Crippen LogP contribution in [0.1, 0.15) is 21.5 Å². The second kappa shape index (κ2) is 12.7. The zero-order valence-electron chi connectivity index (χ0n) is 25.9. The summed E-state index contributed by atoms with van der Waals surface area (Å²) in [4.78, 5) is 13.7. The van der Waals surface area contributed by atoms with Crippen molar-refractivity contribution in [1.29, 1.82) is 0 Å². The van der Waals surface area contributed by atoms with E-state index in [-0.39, 0.29) is 29.2 Å². The molecule has 7 rings (SSSR count). The molecule has 0 spiro atoms. The van der Waals surface area contributed by atoms with Crippen LogP contribution in [0.2, 0.25) is 0 Å². The van der Waals surface area contributed by atoms with Gasteiger partial charge >= 0.3 is 12.1 Å². The molecular formula is C41H28F3NO4. The quantitative estimate of drug-likeness (QED) is 0.101. The molecule has 0 aliphatic heterocycles. The molecule has 0 aromatic heterocycles. The van der Waals surface area contributed by atoms with Gasteiger partial charge in [-0.05, 0) is 74.6 Å². The fourth-order valence-electron chi connectivity index (χ4n) is 5.97. The van der Waals surface area contributed by atoms with Crippen molar-refractivity contribution >= 4 is 33.2 Å². The van der Waals surface area contributed by atoms with E-state index in [1.807, 2.05) is 109 Å². The number of ether oxygens (including phenoxy) is 2. The molecule has 0 amide bonds. The molecule has 0 bridgehead atoms. The predicted octanol–water partition coefficient (Wildman–Crippen LogP) is 10.4. The predicted molar refractivity (Wildman–Crippen MR) is 186 cm³/mol. The van der Waals surface area contributed by atoms with Gasteiger partial charge in [-0.2, -0.15) is 13.2 Å². The number of hydrogen-bond acceptors (Lipinski definition) is 5. The summed E-state index contributed by atoms with van der Waals surface area (Å²) in [6.45, 7) is 0.235. The molecule has 5 nitrogen and oxygen atoms in total. The minimum atomic E-state index is -4.64. The Morgan fingerprint density at radius 3 is 2.12 bits per heavy atom. The van der Waals surface area contributed by atoms with E-state index >= 15 is 0 Å². The van der Waals surface area contributed by atoms with Gasteiger partial charge in [0.15, 0.2) is 0 Å². The Kier molecular flexibility index (Phi) is 8.14. The number of carbonyl (C=O) groups excluding carboxylic acids is 1. The second-order valence-electron chi connectivity index (χ2n) is 11.5. The summed E-state index contributed by atoms with van der Waals surface area (Å²) in [5.74, 6) is -1.42. The molecule has 0 aliphatic rings. The number of hydrogen-bond donors (Lipinski definition) is 2. The van der Waals surface area contributed by atoms with Gasteiger partial charge in [0.2, 0.25) is 0 Å². The van der Waals surface area contributed by atoms with E-state index in [4.69, 9.17) is 15.2 Å². The molecule has 0 aliphatic carbocycles. The summed E-state index contributed by atoms with van der Waals surface area (Å²) in [7, 11) is 0. The van der Waals surface area contributed by atoms with Gasteiger partial charge in [-0.15, -0.1) is 0 Å². The zero-order chi connectivity index (χ0) is 34.1. The fraction of sp³-hybridized carbons (Fsp3) is 0.0488. The average molecular weight is 656 g/mol. The van der Waals surface area contributed by atoms with Crippen molar-refractivity contribution in [2.75, 3.05) is 5.73 Å². The van der Waals surface area contributed by atoms with Crippen LogP contribution in [-0.2, 0) is 12.8 Å². The lowest BCUT2D eigenvalue weighted by Gasteiger charge is -2.20. The molecular weight excluding hydrogens is 627 g/mol. The summed E-state index contributed by atoms with van der Waals surface area (Å²) in [6, 6.07) is 39.6. The van der Waals surface area contributed by atoms with Crippen molar-refractivity contribution < 1.29 is 32.5 Å². The topological polar surface area (TPSA) is 81.8 Å². The maximum Gasteiger partial charge on any atom is 0.416 e. The summed E-state index contributed by atoms with van der Waals surface area (Å²) in [6.07, 6.45) is -4.64. The van der Waals surface area contributed by atoms with Gasteiger partial charge in [0.05, 0.1) is 11.3 Å². The molecule has 49 heavy (non-hydrogen) atoms. The lowest BCUT2D eigenvalue weighted by Crippen LogP contribution is -2.11. The Morgan fingerprint density at radius 2 is 1.37 bits per heavy atom. The SMILES string of the molecule is Nc1c(OCc2ccccc2)cc2ccccc2c1-c1c(O)c(C(=O)Oc2cccc(C(F)(F)F)c2)cc2cc(-c3ccccc3)ccc12. The minimum absolute atomic E-state index is 0.235. The number of carbonyl (C=O) groups is 1. The van der Waals surface area contributed by atoms with Gasteiger partial charge in [0.1, 0.15) is 29.4 Å². The number of nitrogen functional groups attached to an aromatic ring is 1. The van der Waals surface area contributed by atoms with Crippen LogP contribution in [-0.4, -0.2) is 11.1 Å². The molecule has 0 radical (unpaired) electrons. The molecule has 242 valence electrons. The zero-order valence-corrected chi connectivity index (χ0v) is 25.9. The molecule has 0 heterocycles. The maximum absolute atomic E-state index is 13.7. The van der Waals surface area contributed by atoms with Crippen LogP contribution in [0, 0.1) is 0 Å². The highest BCUT2D eigenvalue weighted by Crippen LogP contribution is 2.48. The van der Waals surface area contributed by atoms with Crippen molar-refractivity contribution in [2.45, 2.75) is 12.8 Å². The van der Waals surface area contributed by atoms with Crippen LogP contribution in [0.5, 0.6) is 17.2 Å². The first-order chi connectivity index (χ1) is 23.7. The number of benzene rings is 7. The summed E-state index contributed by atoms with van der Waals surface area (Å²) in [5, 5.41) is 14.6. The monoisotopic (exact) mass is 655 g/mol. The number of fused-ring (bicyclic) bond motifs is 2. The van der Waals surface area contributed by atoms with Crippen LogP contribution < -0.4 is 15.2 Å². The normalized spacial score (nSPS) is 11.5. The van der Waals surface area contributed by atoms with Gasteiger partial charge in [0.25, 0.3) is 0 Å². The fourth-order valence-corrected chi connectivity index (χ4v) is 5.97. The van der Waals surface area contributed by atoms with E-state index in [0.717, 1.165) is 40.3 Å². The van der Waals surface area contributed by atoms with Crippen molar-refractivity contribution in [3.63, 3.8) is 0 Å². The van der Waals surface area contributed by atoms with Gasteiger partial charge in [-0.3, -0.25) is 0 Å². The van der Waals surface area contributed by atoms with Crippen LogP contribution in [0.3, 0.4) is 0 Å². The van der Waals surface area contributed by atoms with Crippen molar-refractivity contribution in [1.82, 2.24) is 0 Å². The average Bonchev–Trinajstić information content (AvgIpc) is 3.11. The molecule has 0 atom stereocenters. The van der Waals surface area contributed by atoms with Crippen molar-refractivity contribution in [2.24, 2.45) is 0 Å². The van der Waals surface area contributed by atoms with E-state index in [1.165, 1.54) is 12.1 Å². The Hall–Kier alpha value is -6.28. The number of esters is 1. The van der Waals surface area contributed by atoms with Crippen molar-refractivity contribution in [3.8, 4) is 39.5 Å². The van der Waals surface area contributed by atoms with E-state index in [9.17, 15) is 23.1 Å². The highest BCUT2D eigenvalue weighted by Gasteiger charge is 2.31. The number of rotatable bonds is 7. The van der Waals surface area contributed by atoms with Crippen LogP contribution in [0.15, 0.2) is 140 Å². The number of nitrogens with two attached hydrogens (primary N) is 1. The standard InChI is InChI=1S/C41H28F3NO4/c42-41(43,44)30-15-9-16-31(23-30)49-40(47)34-21-29-20-27(26-12-5-2-6-13-26)18-19-33(29)37(39(34)46)36-32-17-8-7-14-28(32)22-35(38(36)45)48-24-25-10-3-1-4-11-25/h1-23,46H,24,45H2. The number of phenols is 1. The van der Waals surface area contributed by atoms with Gasteiger partial charge in [-0.1, -0.05) is 103 Å². The molecule has 0 saturated carbocycles. The summed E-state index contributed by atoms with van der Waals surface area (Å²) >= 11 is 0. The summed E-state index contributed by atoms with van der Waals surface area (Å²) in [5.41, 5.74) is 9.29. The molecule has 7 aromatic carbocycles. The van der Waals surface area contributed by atoms with Crippen molar-refractivity contribution in [3.05, 3.63) is 156 Å². The number of alkyl halides is 3. The van der Waals surface area contributed by atoms with Crippen LogP contribution >= 0.6 is 0 Å². The van der Waals surface area contributed by atoms with E-state index in [2.05, 4.69) is 0 Å². The third-order valence-electron chi connectivity index (χ3n) is 8.35. The lowest BCUT2D eigenvalue weighted by atomic mass is 9.88. The van der Waals surface area contributed by atoms with Gasteiger partial charge in [-0.25, -0.2) is 4.79 Å². The first kappa shape index (κ1) is 31.3. The Labute approximate surface area is 279 Å². The van der Waals surface area contributed by atoms with E-state index in [0.29, 0.717) is 27.5 Å². The second-order valence-corrected chi connectivity index (χ2v) is 11.5. The smallest absolute Gasteiger partial charge is 0.416 e. The largest absolute Gasteiger partial charge is 0.506 e. The summed E-state index contributed by atoms with van der Waals surface area (Å²) < 4.78 is 52.0. The van der Waals surface area contributed by atoms with E-state index < -0.39 is 23.5 Å². The van der Waals surface area contributed by atoms with E-state index in [1.54, 1.807) is 0 Å². The highest BCUT2D eigenvalue weighted by molar-refractivity contribution is 6.16. The molecule has 0 saturated heterocycles. The first-order valence-electron chi connectivity index (χ1n) is 15.4. The number of anilines is 1. The Morgan fingerprint density at radius 1 is 0.673 bits per heavy atom. The molecule has 3 N–H and O–H groups in total. The van der Waals surface area contributed by atoms with Crippen LogP contribution in [0.4, 0.5) is 18.9 Å². The first-order valence-corrected chi connectivity index (χ1v) is 15.4. The maximum atomic E-state index is 13.7. The number of phenolic OH excluding ortho intramolecular Hbond substituents is 1. The van der Waals surface area contributed by atoms with Crippen LogP contribution in [0.25, 0.3) is 43.8 Å². The Balaban J connectivity index is 1.44. The number of halogens is 3. The third-order valence-corrected chi connectivity index (χ3v) is 8.35. The molecule has 0 fully saturated rings. The molecule has 0 unspecified atom stereocenters. The highest BCUT2D eigenvalue weighted by atomic mass is 19.4. The lowest BCUT2D eigenvalue weighted by molar-refractivity contribution is -0.137. The van der Waals surface area contributed by atoms with Gasteiger partial charge < -0.3 is 20.3 Å².